The third-order valence-corrected chi connectivity index (χ3v) is 24.2. The molecule has 0 aliphatic carbocycles. The van der Waals surface area contributed by atoms with Crippen LogP contribution in [0.2, 0.25) is 0 Å². The fraction of sp³-hybridized carbons (Fsp3) is 0.200. The summed E-state index contributed by atoms with van der Waals surface area (Å²) in [7, 11) is 0. The Morgan fingerprint density at radius 2 is 0.739 bits per heavy atom. The fourth-order valence-electron chi connectivity index (χ4n) is 10.6. The number of aryl methyl sites for hydroxylation is 16. The molecular formula is C80H80S8. The average Bonchev–Trinajstić information content (AvgIpc) is 4.47. The van der Waals surface area contributed by atoms with Crippen LogP contribution in [0.15, 0.2) is 189 Å². The lowest BCUT2D eigenvalue weighted by Crippen LogP contribution is -1.77. The van der Waals surface area contributed by atoms with Gasteiger partial charge in [0, 0.05) is 42.5 Å². The summed E-state index contributed by atoms with van der Waals surface area (Å²) in [6.45, 7) is 34.6. The second kappa shape index (κ2) is 30.3. The lowest BCUT2D eigenvalue weighted by molar-refractivity contribution is 1.37. The molecule has 0 saturated carbocycles. The van der Waals surface area contributed by atoms with Gasteiger partial charge in [-0.15, -0.1) is 90.7 Å². The Balaban J connectivity index is 0.000000120. The van der Waals surface area contributed by atoms with E-state index < -0.39 is 0 Å². The summed E-state index contributed by atoms with van der Waals surface area (Å²) in [4.78, 5) is 1.40. The molecule has 0 spiro atoms. The first-order valence-corrected chi connectivity index (χ1v) is 36.7. The molecule has 0 bridgehead atoms. The van der Waals surface area contributed by atoms with Gasteiger partial charge in [0.25, 0.3) is 0 Å². The van der Waals surface area contributed by atoms with Crippen LogP contribution in [-0.4, -0.2) is 0 Å². The highest BCUT2D eigenvalue weighted by atomic mass is 32.1. The van der Waals surface area contributed by atoms with Crippen molar-refractivity contribution in [1.29, 1.82) is 0 Å². The first kappa shape index (κ1) is 65.9. The number of fused-ring (bicyclic) bond motifs is 8. The molecule has 0 N–H and O–H groups in total. The van der Waals surface area contributed by atoms with Crippen molar-refractivity contribution >= 4 is 171 Å². The first-order chi connectivity index (χ1) is 42.2. The van der Waals surface area contributed by atoms with Gasteiger partial charge in [0.1, 0.15) is 0 Å². The SMILES string of the molecule is Cc1cc(C)c2ccsc2c1.Cc1cc(C)c2sccc2c1.Cc1cc2cccc(C)c2s1.Cc1cc2ccsc2cc1C.Cc1ccc(C)c2sccc12.Cc1ccc2c(C)csc2c1.Cc1ccc2ccsc2c1C.Cc1csc2c(C)cccc12. The largest absolute Gasteiger partial charge is 0.144 e. The van der Waals surface area contributed by atoms with Crippen LogP contribution in [0.3, 0.4) is 0 Å². The molecule has 0 fully saturated rings. The normalized spacial score (nSPS) is 10.7. The molecule has 88 heavy (non-hydrogen) atoms. The summed E-state index contributed by atoms with van der Waals surface area (Å²) in [6, 6.07) is 54.9. The van der Waals surface area contributed by atoms with Crippen LogP contribution in [0.4, 0.5) is 0 Å². The zero-order valence-electron chi connectivity index (χ0n) is 53.7. The summed E-state index contributed by atoms with van der Waals surface area (Å²) in [5, 5.41) is 26.3. The number of hydrogen-bond acceptors (Lipinski definition) is 8. The molecule has 8 heteroatoms. The van der Waals surface area contributed by atoms with Gasteiger partial charge in [-0.05, 0) is 324 Å². The Morgan fingerprint density at radius 3 is 1.50 bits per heavy atom. The van der Waals surface area contributed by atoms with Crippen LogP contribution >= 0.6 is 90.7 Å². The summed E-state index contributed by atoms with van der Waals surface area (Å²) in [6.07, 6.45) is 0. The molecule has 0 unspecified atom stereocenters. The molecule has 0 aliphatic heterocycles. The molecule has 0 atom stereocenters. The monoisotopic (exact) mass is 1300 g/mol. The van der Waals surface area contributed by atoms with Crippen LogP contribution < -0.4 is 0 Å². The summed E-state index contributed by atoms with van der Waals surface area (Å²) in [5.74, 6) is 0. The third-order valence-electron chi connectivity index (χ3n) is 15.8. The molecule has 8 aromatic carbocycles. The quantitative estimate of drug-likeness (QED) is 0.142. The predicted molar refractivity (Wildman–Crippen MR) is 410 cm³/mol. The maximum Gasteiger partial charge on any atom is 0.0374 e. The van der Waals surface area contributed by atoms with Crippen molar-refractivity contribution in [3.05, 3.63) is 278 Å². The van der Waals surface area contributed by atoms with E-state index in [9.17, 15) is 0 Å². The molecule has 0 nitrogen and oxygen atoms in total. The Kier molecular flexibility index (Phi) is 22.7. The van der Waals surface area contributed by atoms with Crippen molar-refractivity contribution in [1.82, 2.24) is 0 Å². The molecule has 8 aromatic heterocycles. The minimum Gasteiger partial charge on any atom is -0.144 e. The van der Waals surface area contributed by atoms with Gasteiger partial charge in [-0.2, -0.15) is 0 Å². The van der Waals surface area contributed by atoms with E-state index in [0.717, 1.165) is 0 Å². The van der Waals surface area contributed by atoms with Gasteiger partial charge in [-0.1, -0.05) is 103 Å². The molecule has 0 aliphatic rings. The van der Waals surface area contributed by atoms with E-state index in [1.807, 2.05) is 90.7 Å². The van der Waals surface area contributed by atoms with Gasteiger partial charge in [-0.3, -0.25) is 0 Å². The van der Waals surface area contributed by atoms with Crippen LogP contribution in [0.5, 0.6) is 0 Å². The van der Waals surface area contributed by atoms with Crippen LogP contribution in [0.1, 0.15) is 88.3 Å². The minimum absolute atomic E-state index is 1.35. The smallest absolute Gasteiger partial charge is 0.0374 e. The standard InChI is InChI=1S/8C10H10S/c1-7-5-9-3-4-11-10(9)6-8(7)2;1-7-5-8(2)9-3-4-11-10(9)6-7;1-7-5-8(2)10-9(6-7)3-4-11-10;1-7-3-4-9-8(2)6-11-10(9)5-7;1-7-3-4-9-5-6-11-10(9)8(7)2;1-7-3-4-8(2)10-9(7)5-6-11-10;1-7-4-3-5-9-8(2)6-11-10(7)9;1-7-4-3-5-9-6-8(2)11-10(7)9/h8*3-6H,1-2H3. The third kappa shape index (κ3) is 16.4. The van der Waals surface area contributed by atoms with E-state index in [4.69, 9.17) is 0 Å². The Hall–Kier alpha value is -6.56. The fourth-order valence-corrected chi connectivity index (χ4v) is 18.3. The minimum atomic E-state index is 1.35. The van der Waals surface area contributed by atoms with Crippen LogP contribution in [0, 0.1) is 111 Å². The zero-order chi connectivity index (χ0) is 62.8. The molecule has 448 valence electrons. The Labute approximate surface area is 554 Å². The predicted octanol–water partition coefficient (Wildman–Crippen LogP) is 28.1. The first-order valence-electron chi connectivity index (χ1n) is 29.8. The van der Waals surface area contributed by atoms with Crippen LogP contribution in [0.25, 0.3) is 80.7 Å². The molecule has 16 rings (SSSR count). The molecule has 0 saturated heterocycles. The lowest BCUT2D eigenvalue weighted by Gasteiger charge is -1.99. The second-order valence-corrected chi connectivity index (χ2v) is 30.8. The maximum atomic E-state index is 2.26. The maximum absolute atomic E-state index is 2.26. The van der Waals surface area contributed by atoms with Gasteiger partial charge in [0.15, 0.2) is 0 Å². The zero-order valence-corrected chi connectivity index (χ0v) is 60.3. The Bertz CT molecular complexity index is 4760. The van der Waals surface area contributed by atoms with E-state index in [1.54, 1.807) is 0 Å². The molecular weight excluding hydrogens is 1220 g/mol. The highest BCUT2D eigenvalue weighted by Crippen LogP contribution is 2.32. The van der Waals surface area contributed by atoms with Crippen molar-refractivity contribution in [2.75, 3.05) is 0 Å². The van der Waals surface area contributed by atoms with E-state index in [1.165, 1.54) is 169 Å². The lowest BCUT2D eigenvalue weighted by atomic mass is 10.1. The number of benzene rings is 8. The van der Waals surface area contributed by atoms with Gasteiger partial charge < -0.3 is 0 Å². The van der Waals surface area contributed by atoms with E-state index in [-0.39, 0.29) is 0 Å². The molecule has 16 aromatic rings. The highest BCUT2D eigenvalue weighted by molar-refractivity contribution is 7.20. The second-order valence-electron chi connectivity index (χ2n) is 23.1. The molecule has 0 amide bonds. The number of hydrogen-bond donors (Lipinski definition) is 0. The Morgan fingerprint density at radius 1 is 0.227 bits per heavy atom. The topological polar surface area (TPSA) is 0 Å². The van der Waals surface area contributed by atoms with E-state index >= 15 is 0 Å². The van der Waals surface area contributed by atoms with Gasteiger partial charge >= 0.3 is 0 Å². The summed E-state index contributed by atoms with van der Waals surface area (Å²) in [5.41, 5.74) is 20.8. The van der Waals surface area contributed by atoms with Crippen molar-refractivity contribution < 1.29 is 0 Å². The van der Waals surface area contributed by atoms with Gasteiger partial charge in [0.05, 0.1) is 0 Å². The number of rotatable bonds is 0. The molecule has 8 heterocycles. The van der Waals surface area contributed by atoms with E-state index in [0.29, 0.717) is 0 Å². The van der Waals surface area contributed by atoms with Crippen LogP contribution in [-0.2, 0) is 0 Å². The molecule has 0 radical (unpaired) electrons. The number of thiophene rings is 8. The van der Waals surface area contributed by atoms with Gasteiger partial charge in [0.2, 0.25) is 0 Å². The van der Waals surface area contributed by atoms with Crippen molar-refractivity contribution in [2.24, 2.45) is 0 Å². The van der Waals surface area contributed by atoms with Crippen molar-refractivity contribution in [3.8, 4) is 0 Å². The summed E-state index contributed by atoms with van der Waals surface area (Å²) >= 11 is 14.7. The van der Waals surface area contributed by atoms with Crippen molar-refractivity contribution in [3.63, 3.8) is 0 Å². The highest BCUT2D eigenvalue weighted by Gasteiger charge is 2.05. The summed E-state index contributed by atoms with van der Waals surface area (Å²) < 4.78 is 11.4. The average molecular weight is 1300 g/mol. The van der Waals surface area contributed by atoms with E-state index in [2.05, 4.69) is 300 Å². The van der Waals surface area contributed by atoms with Gasteiger partial charge in [-0.25, -0.2) is 0 Å². The van der Waals surface area contributed by atoms with Crippen molar-refractivity contribution in [2.45, 2.75) is 111 Å².